The first-order valence-electron chi connectivity index (χ1n) is 15.2. The molecule has 0 amide bonds. The van der Waals surface area contributed by atoms with Gasteiger partial charge in [0.1, 0.15) is 31.4 Å². The van der Waals surface area contributed by atoms with Gasteiger partial charge in [0.15, 0.2) is 52.2 Å². The Labute approximate surface area is 270 Å². The summed E-state index contributed by atoms with van der Waals surface area (Å²) in [5.41, 5.74) is 1.78. The average molecular weight is 639 g/mol. The molecule has 2 heterocycles. The van der Waals surface area contributed by atoms with Crippen LogP contribution in [0.4, 0.5) is 4.39 Å². The van der Waals surface area contributed by atoms with E-state index in [2.05, 4.69) is 0 Å². The summed E-state index contributed by atoms with van der Waals surface area (Å²) < 4.78 is 42.5. The predicted octanol–water partition coefficient (Wildman–Crippen LogP) is 6.81. The first-order valence-corrected chi connectivity index (χ1v) is 15.2. The minimum atomic E-state index is -0.713. The molecule has 0 spiro atoms. The van der Waals surface area contributed by atoms with E-state index in [0.29, 0.717) is 33.9 Å². The summed E-state index contributed by atoms with van der Waals surface area (Å²) in [6.45, 7) is 0.625. The van der Waals surface area contributed by atoms with Crippen molar-refractivity contribution in [3.05, 3.63) is 112 Å². The fraction of sp³-hybridized carbons (Fsp3) is 0.243. The highest BCUT2D eigenvalue weighted by Crippen LogP contribution is 2.43. The minimum absolute atomic E-state index is 0.0234. The lowest BCUT2D eigenvalue weighted by atomic mass is 9.96. The summed E-state index contributed by atoms with van der Waals surface area (Å²) in [6, 6.07) is 20.4. The SMILES string of the molecule is COc1ccccc1C(=O)CCC(=O)c1cccc2c1OC(c1cc3c(c(C(=O)CCC(=O)c4ccc(F)cc4)c1)OCCO3)CO2. The van der Waals surface area contributed by atoms with E-state index in [1.165, 1.54) is 31.4 Å². The van der Waals surface area contributed by atoms with Crippen molar-refractivity contribution in [3.63, 3.8) is 0 Å². The van der Waals surface area contributed by atoms with Crippen molar-refractivity contribution >= 4 is 23.1 Å². The number of halogens is 1. The lowest BCUT2D eigenvalue weighted by Crippen LogP contribution is -2.25. The Morgan fingerprint density at radius 2 is 1.34 bits per heavy atom. The molecule has 6 rings (SSSR count). The Kier molecular flexibility index (Phi) is 9.28. The van der Waals surface area contributed by atoms with Crippen LogP contribution in [0.1, 0.15) is 78.8 Å². The van der Waals surface area contributed by atoms with Gasteiger partial charge in [0.2, 0.25) is 0 Å². The second-order valence-electron chi connectivity index (χ2n) is 11.0. The van der Waals surface area contributed by atoms with Crippen molar-refractivity contribution in [1.82, 2.24) is 0 Å². The van der Waals surface area contributed by atoms with Crippen LogP contribution >= 0.6 is 0 Å². The maximum atomic E-state index is 13.5. The molecule has 0 aliphatic carbocycles. The molecule has 0 radical (unpaired) electrons. The van der Waals surface area contributed by atoms with Crippen molar-refractivity contribution in [2.75, 3.05) is 26.9 Å². The third-order valence-electron chi connectivity index (χ3n) is 8.00. The quantitative estimate of drug-likeness (QED) is 0.154. The van der Waals surface area contributed by atoms with Gasteiger partial charge >= 0.3 is 0 Å². The number of ketones is 4. The number of hydrogen-bond donors (Lipinski definition) is 0. The first kappa shape index (κ1) is 31.5. The lowest BCUT2D eigenvalue weighted by molar-refractivity contribution is 0.0831. The predicted molar refractivity (Wildman–Crippen MR) is 168 cm³/mol. The molecule has 0 saturated heterocycles. The molecule has 9 nitrogen and oxygen atoms in total. The Morgan fingerprint density at radius 3 is 2.11 bits per heavy atom. The van der Waals surface area contributed by atoms with E-state index < -0.39 is 11.9 Å². The molecule has 2 aliphatic rings. The van der Waals surface area contributed by atoms with Gasteiger partial charge in [-0.05, 0) is 60.7 Å². The highest BCUT2D eigenvalue weighted by atomic mass is 19.1. The summed E-state index contributed by atoms with van der Waals surface area (Å²) >= 11 is 0. The second kappa shape index (κ2) is 13.9. The van der Waals surface area contributed by atoms with Crippen molar-refractivity contribution in [1.29, 1.82) is 0 Å². The third kappa shape index (κ3) is 6.86. The van der Waals surface area contributed by atoms with Gasteiger partial charge in [-0.15, -0.1) is 0 Å². The molecule has 47 heavy (non-hydrogen) atoms. The van der Waals surface area contributed by atoms with E-state index in [9.17, 15) is 23.6 Å². The average Bonchev–Trinajstić information content (AvgIpc) is 3.11. The molecule has 10 heteroatoms. The van der Waals surface area contributed by atoms with Crippen LogP contribution in [0, 0.1) is 5.82 Å². The number of fused-ring (bicyclic) bond motifs is 2. The van der Waals surface area contributed by atoms with E-state index >= 15 is 0 Å². The smallest absolute Gasteiger partial charge is 0.173 e. The van der Waals surface area contributed by atoms with Crippen LogP contribution in [-0.2, 0) is 0 Å². The Balaban J connectivity index is 1.20. The van der Waals surface area contributed by atoms with Crippen LogP contribution in [0.3, 0.4) is 0 Å². The van der Waals surface area contributed by atoms with Gasteiger partial charge in [0.05, 0.1) is 23.8 Å². The molecule has 1 unspecified atom stereocenters. The summed E-state index contributed by atoms with van der Waals surface area (Å²) in [7, 11) is 1.49. The molecular formula is C37H31FO9. The molecule has 0 aromatic heterocycles. The molecule has 0 bridgehead atoms. The normalized spacial score (nSPS) is 14.6. The number of carbonyl (C=O) groups is 4. The van der Waals surface area contributed by atoms with Gasteiger partial charge in [-0.25, -0.2) is 4.39 Å². The number of benzene rings is 4. The highest BCUT2D eigenvalue weighted by molar-refractivity contribution is 6.05. The molecule has 2 aliphatic heterocycles. The van der Waals surface area contributed by atoms with Gasteiger partial charge in [0, 0.05) is 36.8 Å². The van der Waals surface area contributed by atoms with E-state index in [1.54, 1.807) is 54.6 Å². The molecule has 0 N–H and O–H groups in total. The van der Waals surface area contributed by atoms with Crippen LogP contribution in [0.2, 0.25) is 0 Å². The van der Waals surface area contributed by atoms with Crippen LogP contribution < -0.4 is 23.7 Å². The van der Waals surface area contributed by atoms with Crippen molar-refractivity contribution in [2.24, 2.45) is 0 Å². The Bertz CT molecular complexity index is 1850. The van der Waals surface area contributed by atoms with Gasteiger partial charge < -0.3 is 23.7 Å². The van der Waals surface area contributed by atoms with Gasteiger partial charge in [0.25, 0.3) is 0 Å². The van der Waals surface area contributed by atoms with E-state index in [0.717, 1.165) is 0 Å². The molecule has 4 aromatic rings. The zero-order valence-corrected chi connectivity index (χ0v) is 25.6. The number of para-hydroxylation sites is 2. The number of methoxy groups -OCH3 is 1. The van der Waals surface area contributed by atoms with Crippen LogP contribution in [0.5, 0.6) is 28.7 Å². The molecular weight excluding hydrogens is 607 g/mol. The highest BCUT2D eigenvalue weighted by Gasteiger charge is 2.31. The number of carbonyl (C=O) groups excluding carboxylic acids is 4. The van der Waals surface area contributed by atoms with Crippen LogP contribution in [0.15, 0.2) is 78.9 Å². The molecule has 240 valence electrons. The summed E-state index contributed by atoms with van der Waals surface area (Å²) in [6.07, 6.45) is -0.974. The zero-order valence-electron chi connectivity index (χ0n) is 25.6. The van der Waals surface area contributed by atoms with Crippen LogP contribution in [-0.4, -0.2) is 50.1 Å². The van der Waals surface area contributed by atoms with E-state index in [-0.39, 0.29) is 91.3 Å². The van der Waals surface area contributed by atoms with E-state index in [4.69, 9.17) is 23.7 Å². The Morgan fingerprint density at radius 1 is 0.681 bits per heavy atom. The fourth-order valence-electron chi connectivity index (χ4n) is 5.56. The molecule has 4 aromatic carbocycles. The second-order valence-corrected chi connectivity index (χ2v) is 11.0. The topological polar surface area (TPSA) is 114 Å². The summed E-state index contributed by atoms with van der Waals surface area (Å²) in [5, 5.41) is 0. The number of hydrogen-bond acceptors (Lipinski definition) is 9. The van der Waals surface area contributed by atoms with E-state index in [1.807, 2.05) is 0 Å². The monoisotopic (exact) mass is 638 g/mol. The van der Waals surface area contributed by atoms with Crippen molar-refractivity contribution in [3.8, 4) is 28.7 Å². The number of Topliss-reactive ketones (excluding diaryl/α,β-unsaturated/α-hetero) is 4. The summed E-state index contributed by atoms with van der Waals surface area (Å²) in [4.78, 5) is 52.4. The van der Waals surface area contributed by atoms with Gasteiger partial charge in [-0.3, -0.25) is 19.2 Å². The Hall–Kier alpha value is -5.51. The zero-order chi connectivity index (χ0) is 32.9. The van der Waals surface area contributed by atoms with Gasteiger partial charge in [-0.2, -0.15) is 0 Å². The van der Waals surface area contributed by atoms with Gasteiger partial charge in [-0.1, -0.05) is 18.2 Å². The first-order chi connectivity index (χ1) is 22.8. The minimum Gasteiger partial charge on any atom is -0.496 e. The molecule has 1 atom stereocenters. The van der Waals surface area contributed by atoms with Crippen molar-refractivity contribution < 1.29 is 47.3 Å². The third-order valence-corrected chi connectivity index (χ3v) is 8.00. The van der Waals surface area contributed by atoms with Crippen molar-refractivity contribution in [2.45, 2.75) is 31.8 Å². The molecule has 0 fully saturated rings. The standard InChI is InChI=1S/C37H31FO9/c1-43-32-7-3-2-5-25(32)29(40)15-16-30(41)26-6-4-8-33-37(26)47-35(21-46-33)23-19-27(36-34(20-23)44-17-18-45-36)31(42)14-13-28(39)22-9-11-24(38)12-10-22/h2-12,19-20,35H,13-18,21H2,1H3. The summed E-state index contributed by atoms with van der Waals surface area (Å²) in [5.74, 6) is 0.121. The maximum absolute atomic E-state index is 13.5. The van der Waals surface area contributed by atoms with Crippen LogP contribution in [0.25, 0.3) is 0 Å². The largest absolute Gasteiger partial charge is 0.496 e. The fourth-order valence-corrected chi connectivity index (χ4v) is 5.56. The lowest BCUT2D eigenvalue weighted by Gasteiger charge is -2.29. The number of ether oxygens (including phenoxy) is 5. The maximum Gasteiger partial charge on any atom is 0.173 e. The molecule has 0 saturated carbocycles. The number of rotatable bonds is 12.